The molecule has 2 aliphatic heterocycles. The second kappa shape index (κ2) is 4.51. The molecular formula is C9H16N2O2S. The third-order valence-electron chi connectivity index (χ3n) is 2.72. The van der Waals surface area contributed by atoms with Crippen LogP contribution in [0.25, 0.3) is 0 Å². The smallest absolute Gasteiger partial charge is 0.240 e. The molecule has 0 aromatic heterocycles. The number of rotatable bonds is 1. The summed E-state index contributed by atoms with van der Waals surface area (Å²) >= 11 is 1.75. The van der Waals surface area contributed by atoms with E-state index in [1.807, 2.05) is 0 Å². The monoisotopic (exact) mass is 216 g/mol. The van der Waals surface area contributed by atoms with Crippen molar-refractivity contribution in [2.45, 2.75) is 25.0 Å². The van der Waals surface area contributed by atoms with Gasteiger partial charge in [0.25, 0.3) is 0 Å². The molecule has 2 fully saturated rings. The van der Waals surface area contributed by atoms with Gasteiger partial charge in [0.05, 0.1) is 12.1 Å². The number of β-amino-alcohol motifs (C(OH)–C–C–N with tert-alkyl or cyclic N) is 1. The van der Waals surface area contributed by atoms with Crippen LogP contribution in [0.15, 0.2) is 0 Å². The zero-order valence-electron chi connectivity index (χ0n) is 8.11. The maximum Gasteiger partial charge on any atom is 0.240 e. The van der Waals surface area contributed by atoms with Crippen molar-refractivity contribution < 1.29 is 9.90 Å². The van der Waals surface area contributed by atoms with Gasteiger partial charge in [-0.1, -0.05) is 0 Å². The Morgan fingerprint density at radius 2 is 2.43 bits per heavy atom. The predicted octanol–water partition coefficient (Wildman–Crippen LogP) is -0.368. The Labute approximate surface area is 88.0 Å². The molecule has 14 heavy (non-hydrogen) atoms. The Kier molecular flexibility index (Phi) is 3.30. The van der Waals surface area contributed by atoms with Crippen LogP contribution in [-0.2, 0) is 4.79 Å². The van der Waals surface area contributed by atoms with Crippen molar-refractivity contribution >= 4 is 17.7 Å². The fourth-order valence-corrected chi connectivity index (χ4v) is 2.86. The van der Waals surface area contributed by atoms with Crippen molar-refractivity contribution in [3.05, 3.63) is 0 Å². The summed E-state index contributed by atoms with van der Waals surface area (Å²) in [4.78, 5) is 13.7. The van der Waals surface area contributed by atoms with Crippen LogP contribution in [0.1, 0.15) is 12.8 Å². The number of carbonyl (C=O) groups excluding carboxylic acids is 1. The number of carbonyl (C=O) groups is 1. The van der Waals surface area contributed by atoms with Gasteiger partial charge in [-0.15, -0.1) is 11.8 Å². The van der Waals surface area contributed by atoms with Crippen LogP contribution in [0.2, 0.25) is 0 Å². The van der Waals surface area contributed by atoms with Gasteiger partial charge in [0.2, 0.25) is 5.91 Å². The molecule has 0 saturated carbocycles. The van der Waals surface area contributed by atoms with Crippen molar-refractivity contribution in [1.82, 2.24) is 10.2 Å². The molecule has 2 saturated heterocycles. The standard InChI is InChI=1S/C9H16N2O2S/c12-7-2-1-3-11(4-7)9(13)8-5-14-6-10-8/h7-8,10,12H,1-6H2/t7-,8?/m0/s1. The number of aliphatic hydroxyl groups is 1. The van der Waals surface area contributed by atoms with Crippen LogP contribution in [0.5, 0.6) is 0 Å². The number of aliphatic hydroxyl groups excluding tert-OH is 1. The van der Waals surface area contributed by atoms with Crippen LogP contribution in [0, 0.1) is 0 Å². The van der Waals surface area contributed by atoms with E-state index >= 15 is 0 Å². The van der Waals surface area contributed by atoms with E-state index in [-0.39, 0.29) is 18.1 Å². The summed E-state index contributed by atoms with van der Waals surface area (Å²) in [5, 5.41) is 12.6. The molecule has 0 aliphatic carbocycles. The van der Waals surface area contributed by atoms with Crippen molar-refractivity contribution in [3.63, 3.8) is 0 Å². The molecule has 0 bridgehead atoms. The maximum absolute atomic E-state index is 11.9. The minimum Gasteiger partial charge on any atom is -0.391 e. The normalized spacial score (nSPS) is 33.4. The molecule has 2 rings (SSSR count). The quantitative estimate of drug-likeness (QED) is 0.628. The van der Waals surface area contributed by atoms with Crippen LogP contribution >= 0.6 is 11.8 Å². The highest BCUT2D eigenvalue weighted by molar-refractivity contribution is 7.99. The molecule has 0 aromatic carbocycles. The molecular weight excluding hydrogens is 200 g/mol. The van der Waals surface area contributed by atoms with E-state index in [1.165, 1.54) is 0 Å². The summed E-state index contributed by atoms with van der Waals surface area (Å²) < 4.78 is 0. The van der Waals surface area contributed by atoms with E-state index in [4.69, 9.17) is 0 Å². The first-order chi connectivity index (χ1) is 6.77. The first-order valence-corrected chi connectivity index (χ1v) is 6.21. The van der Waals surface area contributed by atoms with Crippen LogP contribution in [0.3, 0.4) is 0 Å². The van der Waals surface area contributed by atoms with Crippen LogP contribution in [-0.4, -0.2) is 52.8 Å². The minimum absolute atomic E-state index is 0.0229. The fourth-order valence-electron chi connectivity index (χ4n) is 1.93. The Bertz CT molecular complexity index is 219. The Hall–Kier alpha value is -0.260. The zero-order chi connectivity index (χ0) is 9.97. The molecule has 4 nitrogen and oxygen atoms in total. The highest BCUT2D eigenvalue weighted by Crippen LogP contribution is 2.15. The number of hydrogen-bond donors (Lipinski definition) is 2. The molecule has 0 radical (unpaired) electrons. The lowest BCUT2D eigenvalue weighted by molar-refractivity contribution is -0.135. The molecule has 0 aromatic rings. The van der Waals surface area contributed by atoms with Gasteiger partial charge in [-0.25, -0.2) is 0 Å². The Balaban J connectivity index is 1.89. The summed E-state index contributed by atoms with van der Waals surface area (Å²) in [6, 6.07) is -0.0229. The molecule has 1 amide bonds. The van der Waals surface area contributed by atoms with Crippen LogP contribution in [0.4, 0.5) is 0 Å². The molecule has 80 valence electrons. The van der Waals surface area contributed by atoms with Gasteiger partial charge in [0, 0.05) is 24.7 Å². The highest BCUT2D eigenvalue weighted by atomic mass is 32.2. The summed E-state index contributed by atoms with van der Waals surface area (Å²) in [5.41, 5.74) is 0. The van der Waals surface area contributed by atoms with Crippen molar-refractivity contribution in [3.8, 4) is 0 Å². The molecule has 2 atom stereocenters. The molecule has 5 heteroatoms. The van der Waals surface area contributed by atoms with Gasteiger partial charge in [0.15, 0.2) is 0 Å². The zero-order valence-corrected chi connectivity index (χ0v) is 8.92. The number of likely N-dealkylation sites (tertiary alicyclic amines) is 1. The van der Waals surface area contributed by atoms with Gasteiger partial charge in [-0.05, 0) is 12.8 Å². The first-order valence-electron chi connectivity index (χ1n) is 5.05. The SMILES string of the molecule is O=C(C1CSCN1)N1CCC[C@H](O)C1. The third-order valence-corrected chi connectivity index (χ3v) is 3.66. The molecule has 2 aliphatic rings. The lowest BCUT2D eigenvalue weighted by atomic mass is 10.1. The van der Waals surface area contributed by atoms with E-state index in [2.05, 4.69) is 5.32 Å². The van der Waals surface area contributed by atoms with Crippen molar-refractivity contribution in [2.24, 2.45) is 0 Å². The lowest BCUT2D eigenvalue weighted by Crippen LogP contribution is -2.49. The molecule has 1 unspecified atom stereocenters. The Morgan fingerprint density at radius 1 is 1.57 bits per heavy atom. The number of nitrogens with zero attached hydrogens (tertiary/aromatic N) is 1. The first kappa shape index (κ1) is 10.3. The van der Waals surface area contributed by atoms with Gasteiger partial charge in [-0.3, -0.25) is 10.1 Å². The van der Waals surface area contributed by atoms with Gasteiger partial charge in [-0.2, -0.15) is 0 Å². The average Bonchev–Trinajstić information content (AvgIpc) is 2.69. The van der Waals surface area contributed by atoms with E-state index in [1.54, 1.807) is 16.7 Å². The van der Waals surface area contributed by atoms with Crippen LogP contribution < -0.4 is 5.32 Å². The second-order valence-electron chi connectivity index (χ2n) is 3.85. The average molecular weight is 216 g/mol. The van der Waals surface area contributed by atoms with E-state index in [0.717, 1.165) is 31.0 Å². The number of amides is 1. The summed E-state index contributed by atoms with van der Waals surface area (Å²) in [7, 11) is 0. The number of nitrogens with one attached hydrogen (secondary N) is 1. The summed E-state index contributed by atoms with van der Waals surface area (Å²) in [6.45, 7) is 1.32. The molecule has 2 heterocycles. The Morgan fingerprint density at radius 3 is 3.07 bits per heavy atom. The van der Waals surface area contributed by atoms with Gasteiger partial charge < -0.3 is 10.0 Å². The number of hydrogen-bond acceptors (Lipinski definition) is 4. The summed E-state index contributed by atoms with van der Waals surface area (Å²) in [6.07, 6.45) is 1.44. The fraction of sp³-hybridized carbons (Fsp3) is 0.889. The number of thioether (sulfide) groups is 1. The van der Waals surface area contributed by atoms with Gasteiger partial charge >= 0.3 is 0 Å². The minimum atomic E-state index is -0.318. The van der Waals surface area contributed by atoms with E-state index in [0.29, 0.717) is 6.54 Å². The largest absolute Gasteiger partial charge is 0.391 e. The predicted molar refractivity (Wildman–Crippen MR) is 56.1 cm³/mol. The topological polar surface area (TPSA) is 52.6 Å². The second-order valence-corrected chi connectivity index (χ2v) is 4.88. The summed E-state index contributed by atoms with van der Waals surface area (Å²) in [5.74, 6) is 1.90. The van der Waals surface area contributed by atoms with Crippen molar-refractivity contribution in [2.75, 3.05) is 24.7 Å². The third kappa shape index (κ3) is 2.21. The lowest BCUT2D eigenvalue weighted by Gasteiger charge is -2.31. The highest BCUT2D eigenvalue weighted by Gasteiger charge is 2.29. The van der Waals surface area contributed by atoms with Gasteiger partial charge in [0.1, 0.15) is 0 Å². The molecule has 0 spiro atoms. The molecule has 2 N–H and O–H groups in total. The maximum atomic E-state index is 11.9. The number of piperidine rings is 1. The van der Waals surface area contributed by atoms with Crippen molar-refractivity contribution in [1.29, 1.82) is 0 Å². The van der Waals surface area contributed by atoms with E-state index in [9.17, 15) is 9.90 Å². The van der Waals surface area contributed by atoms with E-state index < -0.39 is 0 Å².